The number of H-pyrrole nitrogens is 1. The van der Waals surface area contributed by atoms with Crippen molar-refractivity contribution in [2.45, 2.75) is 24.5 Å². The normalized spacial score (nSPS) is 31.8. The lowest BCUT2D eigenvalue weighted by Gasteiger charge is -2.18. The van der Waals surface area contributed by atoms with Gasteiger partial charge in [0.25, 0.3) is 5.56 Å². The van der Waals surface area contributed by atoms with Gasteiger partial charge in [-0.3, -0.25) is 14.3 Å². The first kappa shape index (κ1) is 13.4. The van der Waals surface area contributed by atoms with Crippen LogP contribution in [-0.2, 0) is 4.74 Å². The molecule has 2 unspecified atom stereocenters. The van der Waals surface area contributed by atoms with Crippen molar-refractivity contribution in [3.05, 3.63) is 31.5 Å². The first-order chi connectivity index (χ1) is 8.45. The van der Waals surface area contributed by atoms with Crippen LogP contribution in [0.3, 0.4) is 0 Å². The van der Waals surface area contributed by atoms with Crippen LogP contribution in [0.1, 0.15) is 6.23 Å². The number of rotatable bonds is 2. The Balaban J connectivity index is 2.45. The van der Waals surface area contributed by atoms with Crippen LogP contribution in [0.15, 0.2) is 20.3 Å². The SMILES string of the molecule is O=c1cc(Br)n([C@H]2O[C@@H](CO)C(O)C2O)c(=O)[nH]1. The highest BCUT2D eigenvalue weighted by atomic mass is 79.9. The average Bonchev–Trinajstić information content (AvgIpc) is 2.56. The Kier molecular flexibility index (Phi) is 3.69. The number of halogens is 1. The fraction of sp³-hybridized carbons (Fsp3) is 0.556. The number of aliphatic hydroxyl groups is 3. The van der Waals surface area contributed by atoms with E-state index < -0.39 is 42.4 Å². The molecule has 9 heteroatoms. The summed E-state index contributed by atoms with van der Waals surface area (Å²) in [5.41, 5.74) is -1.39. The zero-order valence-corrected chi connectivity index (χ0v) is 10.6. The molecule has 8 nitrogen and oxygen atoms in total. The van der Waals surface area contributed by atoms with Gasteiger partial charge in [0.1, 0.15) is 18.3 Å². The van der Waals surface area contributed by atoms with Crippen molar-refractivity contribution < 1.29 is 20.1 Å². The molecule has 0 radical (unpaired) electrons. The second kappa shape index (κ2) is 4.94. The number of ether oxygens (including phenoxy) is 1. The van der Waals surface area contributed by atoms with Crippen LogP contribution in [0.2, 0.25) is 0 Å². The van der Waals surface area contributed by atoms with Crippen LogP contribution in [0.4, 0.5) is 0 Å². The van der Waals surface area contributed by atoms with Crippen LogP contribution in [0.5, 0.6) is 0 Å². The largest absolute Gasteiger partial charge is 0.394 e. The lowest BCUT2D eigenvalue weighted by atomic mass is 10.1. The van der Waals surface area contributed by atoms with Gasteiger partial charge in [0, 0.05) is 6.07 Å². The molecule has 0 bridgehead atoms. The quantitative estimate of drug-likeness (QED) is 0.463. The minimum absolute atomic E-state index is 0.103. The van der Waals surface area contributed by atoms with E-state index in [2.05, 4.69) is 15.9 Å². The summed E-state index contributed by atoms with van der Waals surface area (Å²) in [4.78, 5) is 24.7. The summed E-state index contributed by atoms with van der Waals surface area (Å²) < 4.78 is 6.24. The number of hydrogen-bond donors (Lipinski definition) is 4. The highest BCUT2D eigenvalue weighted by molar-refractivity contribution is 9.10. The van der Waals surface area contributed by atoms with Crippen LogP contribution >= 0.6 is 15.9 Å². The summed E-state index contributed by atoms with van der Waals surface area (Å²) in [6, 6.07) is 1.09. The molecule has 18 heavy (non-hydrogen) atoms. The van der Waals surface area contributed by atoms with E-state index in [0.717, 1.165) is 10.6 Å². The molecule has 2 rings (SSSR count). The molecule has 1 aliphatic rings. The van der Waals surface area contributed by atoms with Gasteiger partial charge in [-0.05, 0) is 15.9 Å². The maximum Gasteiger partial charge on any atom is 0.331 e. The molecule has 2 heterocycles. The molecule has 1 aromatic heterocycles. The standard InChI is InChI=1S/C9H11BrN2O6/c10-4-1-5(14)11-9(17)12(4)8-7(16)6(15)3(2-13)18-8/h1,3,6-8,13,15-16H,2H2,(H,11,14,17)/t3-,6?,7?,8-/m0/s1. The molecule has 1 fully saturated rings. The molecule has 0 spiro atoms. The number of aliphatic hydroxyl groups excluding tert-OH is 3. The summed E-state index contributed by atoms with van der Waals surface area (Å²) in [7, 11) is 0. The van der Waals surface area contributed by atoms with E-state index in [9.17, 15) is 19.8 Å². The Morgan fingerprint density at radius 1 is 1.39 bits per heavy atom. The van der Waals surface area contributed by atoms with E-state index >= 15 is 0 Å². The summed E-state index contributed by atoms with van der Waals surface area (Å²) in [6.45, 7) is -0.496. The number of aromatic nitrogens is 2. The van der Waals surface area contributed by atoms with E-state index in [4.69, 9.17) is 9.84 Å². The zero-order valence-electron chi connectivity index (χ0n) is 8.99. The van der Waals surface area contributed by atoms with Crippen molar-refractivity contribution in [1.29, 1.82) is 0 Å². The monoisotopic (exact) mass is 322 g/mol. The maximum atomic E-state index is 11.6. The summed E-state index contributed by atoms with van der Waals surface area (Å²) >= 11 is 3.00. The van der Waals surface area contributed by atoms with E-state index in [-0.39, 0.29) is 4.60 Å². The van der Waals surface area contributed by atoms with Gasteiger partial charge >= 0.3 is 5.69 Å². The van der Waals surface area contributed by atoms with E-state index in [1.165, 1.54) is 0 Å². The molecule has 100 valence electrons. The molecule has 0 aromatic carbocycles. The number of aromatic amines is 1. The van der Waals surface area contributed by atoms with Crippen LogP contribution in [0.25, 0.3) is 0 Å². The molecule has 0 saturated carbocycles. The van der Waals surface area contributed by atoms with E-state index in [0.29, 0.717) is 0 Å². The Morgan fingerprint density at radius 3 is 2.56 bits per heavy atom. The minimum Gasteiger partial charge on any atom is -0.394 e. The van der Waals surface area contributed by atoms with Gasteiger partial charge in [-0.2, -0.15) is 0 Å². The van der Waals surface area contributed by atoms with Gasteiger partial charge in [0.2, 0.25) is 0 Å². The van der Waals surface area contributed by atoms with Crippen molar-refractivity contribution >= 4 is 15.9 Å². The predicted molar refractivity (Wildman–Crippen MR) is 62.0 cm³/mol. The van der Waals surface area contributed by atoms with Gasteiger partial charge in [-0.15, -0.1) is 0 Å². The Morgan fingerprint density at radius 2 is 2.06 bits per heavy atom. The topological polar surface area (TPSA) is 125 Å². The van der Waals surface area contributed by atoms with E-state index in [1.807, 2.05) is 4.98 Å². The molecular weight excluding hydrogens is 312 g/mol. The number of nitrogens with zero attached hydrogens (tertiary/aromatic N) is 1. The Bertz CT molecular complexity index is 555. The third-order valence-corrected chi connectivity index (χ3v) is 3.31. The minimum atomic E-state index is -1.39. The first-order valence-corrected chi connectivity index (χ1v) is 5.89. The van der Waals surface area contributed by atoms with Gasteiger partial charge in [0.05, 0.1) is 11.2 Å². The average molecular weight is 323 g/mol. The van der Waals surface area contributed by atoms with Gasteiger partial charge in [0.15, 0.2) is 6.23 Å². The molecule has 0 amide bonds. The molecule has 4 atom stereocenters. The third kappa shape index (κ3) is 2.15. The molecule has 1 saturated heterocycles. The summed E-state index contributed by atoms with van der Waals surface area (Å²) in [5, 5.41) is 28.3. The van der Waals surface area contributed by atoms with Crippen LogP contribution in [-0.4, -0.2) is 49.8 Å². The lowest BCUT2D eigenvalue weighted by Crippen LogP contribution is -2.38. The maximum absolute atomic E-state index is 11.6. The second-order valence-corrected chi connectivity index (χ2v) is 4.67. The zero-order chi connectivity index (χ0) is 13.4. The fourth-order valence-electron chi connectivity index (χ4n) is 1.81. The number of hydrogen-bond acceptors (Lipinski definition) is 6. The molecular formula is C9H11BrN2O6. The van der Waals surface area contributed by atoms with Gasteiger partial charge < -0.3 is 20.1 Å². The van der Waals surface area contributed by atoms with Crippen molar-refractivity contribution in [3.63, 3.8) is 0 Å². The molecule has 4 N–H and O–H groups in total. The highest BCUT2D eigenvalue weighted by Gasteiger charge is 2.44. The summed E-state index contributed by atoms with van der Waals surface area (Å²) in [6.07, 6.45) is -4.88. The van der Waals surface area contributed by atoms with Crippen molar-refractivity contribution in [2.75, 3.05) is 6.61 Å². The predicted octanol–water partition coefficient (Wildman–Crippen LogP) is -2.09. The first-order valence-electron chi connectivity index (χ1n) is 5.09. The summed E-state index contributed by atoms with van der Waals surface area (Å²) in [5.74, 6) is 0. The molecule has 1 aromatic rings. The van der Waals surface area contributed by atoms with Gasteiger partial charge in [-0.25, -0.2) is 4.79 Å². The fourth-order valence-corrected chi connectivity index (χ4v) is 2.38. The Labute approximate surface area is 109 Å². The second-order valence-electron chi connectivity index (χ2n) is 3.86. The van der Waals surface area contributed by atoms with E-state index in [1.54, 1.807) is 0 Å². The van der Waals surface area contributed by atoms with Crippen molar-refractivity contribution in [3.8, 4) is 0 Å². The highest BCUT2D eigenvalue weighted by Crippen LogP contribution is 2.29. The molecule has 1 aliphatic heterocycles. The van der Waals surface area contributed by atoms with Gasteiger partial charge in [-0.1, -0.05) is 0 Å². The van der Waals surface area contributed by atoms with Crippen molar-refractivity contribution in [2.24, 2.45) is 0 Å². The Hall–Kier alpha value is -1.00. The smallest absolute Gasteiger partial charge is 0.331 e. The van der Waals surface area contributed by atoms with Crippen molar-refractivity contribution in [1.82, 2.24) is 9.55 Å². The third-order valence-electron chi connectivity index (χ3n) is 2.70. The van der Waals surface area contributed by atoms with Crippen LogP contribution < -0.4 is 11.2 Å². The number of nitrogens with one attached hydrogen (secondary N) is 1. The molecule has 0 aliphatic carbocycles. The van der Waals surface area contributed by atoms with Crippen LogP contribution in [0, 0.1) is 0 Å². The lowest BCUT2D eigenvalue weighted by molar-refractivity contribution is -0.0561.